The second-order valence-electron chi connectivity index (χ2n) is 7.44. The molecule has 0 aliphatic carbocycles. The van der Waals surface area contributed by atoms with Crippen LogP contribution in [0.4, 0.5) is 0 Å². The summed E-state index contributed by atoms with van der Waals surface area (Å²) in [5.41, 5.74) is 0.935. The van der Waals surface area contributed by atoms with Gasteiger partial charge in [-0.25, -0.2) is 8.42 Å². The number of benzene rings is 3. The van der Waals surface area contributed by atoms with Crippen LogP contribution in [0.5, 0.6) is 0 Å². The SMILES string of the molecule is O=C(O)CC(c1ccccc1)N1CCN(S(=O)(=O)c2cccc3ccccc23)CC1. The number of fused-ring (bicyclic) bond motifs is 1. The van der Waals surface area contributed by atoms with Gasteiger partial charge >= 0.3 is 5.97 Å². The van der Waals surface area contributed by atoms with Crippen LogP contribution >= 0.6 is 0 Å². The fourth-order valence-electron chi connectivity index (χ4n) is 4.11. The Morgan fingerprint density at radius 1 is 0.867 bits per heavy atom. The van der Waals surface area contributed by atoms with Gasteiger partial charge in [-0.3, -0.25) is 9.69 Å². The molecule has 4 rings (SSSR count). The van der Waals surface area contributed by atoms with Crippen LogP contribution in [0.25, 0.3) is 10.8 Å². The minimum absolute atomic E-state index is 0.0138. The minimum Gasteiger partial charge on any atom is -0.481 e. The second-order valence-corrected chi connectivity index (χ2v) is 9.35. The number of hydrogen-bond acceptors (Lipinski definition) is 4. The quantitative estimate of drug-likeness (QED) is 0.657. The minimum atomic E-state index is -3.64. The van der Waals surface area contributed by atoms with Crippen LogP contribution in [0, 0.1) is 0 Å². The van der Waals surface area contributed by atoms with Crippen LogP contribution in [0.15, 0.2) is 77.7 Å². The predicted octanol–water partition coefficient (Wildman–Crippen LogP) is 3.36. The average molecular weight is 425 g/mol. The largest absolute Gasteiger partial charge is 0.481 e. The van der Waals surface area contributed by atoms with Gasteiger partial charge in [0.15, 0.2) is 0 Å². The monoisotopic (exact) mass is 424 g/mol. The zero-order valence-corrected chi connectivity index (χ0v) is 17.3. The summed E-state index contributed by atoms with van der Waals surface area (Å²) in [4.78, 5) is 13.8. The lowest BCUT2D eigenvalue weighted by Gasteiger charge is -2.38. The highest BCUT2D eigenvalue weighted by atomic mass is 32.2. The third kappa shape index (κ3) is 4.09. The van der Waals surface area contributed by atoms with E-state index in [1.807, 2.05) is 60.7 Å². The average Bonchev–Trinajstić information content (AvgIpc) is 2.77. The van der Waals surface area contributed by atoms with Gasteiger partial charge in [0.2, 0.25) is 10.0 Å². The van der Waals surface area contributed by atoms with Crippen molar-refractivity contribution in [3.8, 4) is 0 Å². The number of piperazine rings is 1. The Morgan fingerprint density at radius 2 is 1.50 bits per heavy atom. The Labute approximate surface area is 176 Å². The molecular weight excluding hydrogens is 400 g/mol. The van der Waals surface area contributed by atoms with Gasteiger partial charge in [0, 0.05) is 37.6 Å². The maximum Gasteiger partial charge on any atom is 0.305 e. The number of carbonyl (C=O) groups is 1. The molecule has 0 aromatic heterocycles. The molecular formula is C23H24N2O4S. The number of hydrogen-bond donors (Lipinski definition) is 1. The molecule has 1 atom stereocenters. The first-order valence-electron chi connectivity index (χ1n) is 9.95. The first-order valence-corrected chi connectivity index (χ1v) is 11.4. The van der Waals surface area contributed by atoms with Gasteiger partial charge < -0.3 is 5.11 Å². The normalized spacial score (nSPS) is 17.1. The van der Waals surface area contributed by atoms with E-state index in [4.69, 9.17) is 0 Å². The summed E-state index contributed by atoms with van der Waals surface area (Å²) in [5, 5.41) is 11.0. The molecule has 7 heteroatoms. The molecule has 1 fully saturated rings. The van der Waals surface area contributed by atoms with Crippen LogP contribution in [0.2, 0.25) is 0 Å². The standard InChI is InChI=1S/C23H24N2O4S/c26-23(27)17-21(19-8-2-1-3-9-19)24-13-15-25(16-14-24)30(28,29)22-12-6-10-18-7-4-5-11-20(18)22/h1-12,21H,13-17H2,(H,26,27). The summed E-state index contributed by atoms with van der Waals surface area (Å²) < 4.78 is 28.2. The first kappa shape index (κ1) is 20.5. The molecule has 0 spiro atoms. The number of aliphatic carboxylic acids is 1. The number of nitrogens with zero attached hydrogens (tertiary/aromatic N) is 2. The summed E-state index contributed by atoms with van der Waals surface area (Å²) in [7, 11) is -3.64. The molecule has 3 aromatic carbocycles. The van der Waals surface area contributed by atoms with Crippen LogP contribution in [-0.2, 0) is 14.8 Å². The summed E-state index contributed by atoms with van der Waals surface area (Å²) in [6.45, 7) is 1.62. The Bertz CT molecular complexity index is 1130. The fraction of sp³-hybridized carbons (Fsp3) is 0.261. The maximum absolute atomic E-state index is 13.3. The van der Waals surface area contributed by atoms with Crippen molar-refractivity contribution in [1.82, 2.24) is 9.21 Å². The van der Waals surface area contributed by atoms with E-state index >= 15 is 0 Å². The molecule has 0 bridgehead atoms. The number of rotatable bonds is 6. The number of sulfonamides is 1. The third-order valence-electron chi connectivity index (χ3n) is 5.63. The molecule has 30 heavy (non-hydrogen) atoms. The Balaban J connectivity index is 1.55. The van der Waals surface area contributed by atoms with E-state index in [2.05, 4.69) is 4.90 Å². The van der Waals surface area contributed by atoms with Crippen molar-refractivity contribution in [2.24, 2.45) is 0 Å². The van der Waals surface area contributed by atoms with Gasteiger partial charge in [0.1, 0.15) is 0 Å². The highest BCUT2D eigenvalue weighted by molar-refractivity contribution is 7.89. The number of carboxylic acid groups (broad SMARTS) is 1. The molecule has 1 N–H and O–H groups in total. The van der Waals surface area contributed by atoms with Crippen LogP contribution < -0.4 is 0 Å². The summed E-state index contributed by atoms with van der Waals surface area (Å²) in [5.74, 6) is -0.866. The van der Waals surface area contributed by atoms with Gasteiger partial charge in [0.05, 0.1) is 11.3 Å². The molecule has 1 aliphatic rings. The molecule has 1 unspecified atom stereocenters. The molecule has 3 aromatic rings. The van der Waals surface area contributed by atoms with Gasteiger partial charge in [-0.15, -0.1) is 0 Å². The molecule has 1 aliphatic heterocycles. The Kier molecular flexibility index (Phi) is 5.85. The Morgan fingerprint density at radius 3 is 2.20 bits per heavy atom. The lowest BCUT2D eigenvalue weighted by molar-refractivity contribution is -0.138. The van der Waals surface area contributed by atoms with Gasteiger partial charge in [0.25, 0.3) is 0 Å². The molecule has 156 valence electrons. The summed E-state index contributed by atoms with van der Waals surface area (Å²) >= 11 is 0. The fourth-order valence-corrected chi connectivity index (χ4v) is 5.75. The van der Waals surface area contributed by atoms with Crippen LogP contribution in [0.3, 0.4) is 0 Å². The van der Waals surface area contributed by atoms with E-state index in [0.29, 0.717) is 31.1 Å². The maximum atomic E-state index is 13.3. The van der Waals surface area contributed by atoms with E-state index in [1.54, 1.807) is 12.1 Å². The van der Waals surface area contributed by atoms with Gasteiger partial charge in [-0.2, -0.15) is 4.31 Å². The van der Waals surface area contributed by atoms with Crippen molar-refractivity contribution in [2.45, 2.75) is 17.4 Å². The van der Waals surface area contributed by atoms with E-state index in [0.717, 1.165) is 16.3 Å². The Hall–Kier alpha value is -2.74. The van der Waals surface area contributed by atoms with Gasteiger partial charge in [-0.05, 0) is 17.0 Å². The molecule has 6 nitrogen and oxygen atoms in total. The van der Waals surface area contributed by atoms with Crippen molar-refractivity contribution in [3.05, 3.63) is 78.4 Å². The smallest absolute Gasteiger partial charge is 0.305 e. The molecule has 0 amide bonds. The van der Waals surface area contributed by atoms with E-state index in [9.17, 15) is 18.3 Å². The highest BCUT2D eigenvalue weighted by Gasteiger charge is 2.33. The van der Waals surface area contributed by atoms with Crippen molar-refractivity contribution < 1.29 is 18.3 Å². The van der Waals surface area contributed by atoms with Crippen molar-refractivity contribution >= 4 is 26.8 Å². The van der Waals surface area contributed by atoms with Crippen molar-refractivity contribution in [3.63, 3.8) is 0 Å². The molecule has 1 saturated heterocycles. The highest BCUT2D eigenvalue weighted by Crippen LogP contribution is 2.29. The van der Waals surface area contributed by atoms with Crippen LogP contribution in [0.1, 0.15) is 18.0 Å². The predicted molar refractivity (Wildman–Crippen MR) is 116 cm³/mol. The van der Waals surface area contributed by atoms with Crippen molar-refractivity contribution in [1.29, 1.82) is 0 Å². The van der Waals surface area contributed by atoms with Crippen LogP contribution in [-0.4, -0.2) is 54.9 Å². The summed E-state index contributed by atoms with van der Waals surface area (Å²) in [6, 6.07) is 22.1. The molecule has 0 saturated carbocycles. The lowest BCUT2D eigenvalue weighted by atomic mass is 10.0. The zero-order valence-electron chi connectivity index (χ0n) is 16.5. The zero-order chi connectivity index (χ0) is 21.1. The number of carboxylic acids is 1. The van der Waals surface area contributed by atoms with E-state index in [1.165, 1.54) is 4.31 Å². The first-order chi connectivity index (χ1) is 14.5. The van der Waals surface area contributed by atoms with Gasteiger partial charge in [-0.1, -0.05) is 66.7 Å². The van der Waals surface area contributed by atoms with Crippen molar-refractivity contribution in [2.75, 3.05) is 26.2 Å². The molecule has 1 heterocycles. The molecule has 0 radical (unpaired) electrons. The summed E-state index contributed by atoms with van der Waals surface area (Å²) in [6.07, 6.45) is -0.0138. The second kappa shape index (κ2) is 8.55. The lowest BCUT2D eigenvalue weighted by Crippen LogP contribution is -2.49. The topological polar surface area (TPSA) is 77.9 Å². The van der Waals surface area contributed by atoms with E-state index in [-0.39, 0.29) is 12.5 Å². The van der Waals surface area contributed by atoms with E-state index < -0.39 is 16.0 Å². The third-order valence-corrected chi connectivity index (χ3v) is 7.59.